The fourth-order valence-corrected chi connectivity index (χ4v) is 3.15. The summed E-state index contributed by atoms with van der Waals surface area (Å²) in [4.78, 5) is 10.5. The summed E-state index contributed by atoms with van der Waals surface area (Å²) in [6, 6.07) is 13.8. The first-order valence-electron chi connectivity index (χ1n) is 7.06. The van der Waals surface area contributed by atoms with Gasteiger partial charge in [0.2, 0.25) is 0 Å². The van der Waals surface area contributed by atoms with Gasteiger partial charge in [-0.15, -0.1) is 0 Å². The van der Waals surface area contributed by atoms with Crippen molar-refractivity contribution < 1.29 is 13.3 Å². The highest BCUT2D eigenvalue weighted by Gasteiger charge is 2.14. The van der Waals surface area contributed by atoms with Crippen LogP contribution in [0, 0.1) is 10.1 Å². The second kappa shape index (κ2) is 6.30. The number of nitro groups is 1. The number of hydrogen-bond donors (Lipinski definition) is 0. The van der Waals surface area contributed by atoms with Crippen LogP contribution in [0.15, 0.2) is 59.5 Å². The quantitative estimate of drug-likeness (QED) is 0.512. The van der Waals surface area contributed by atoms with Gasteiger partial charge in [-0.3, -0.25) is 10.1 Å². The summed E-state index contributed by atoms with van der Waals surface area (Å²) in [5, 5.41) is 15.2. The normalized spacial score (nSPS) is 11.4. The van der Waals surface area contributed by atoms with Crippen molar-refractivity contribution in [2.24, 2.45) is 0 Å². The molecule has 0 N–H and O–H groups in total. The number of halogens is 1. The molecule has 3 rings (SSSR count). The minimum absolute atomic E-state index is 0.0268. The van der Waals surface area contributed by atoms with E-state index in [4.69, 9.17) is 11.6 Å². The van der Waals surface area contributed by atoms with E-state index in [0.717, 1.165) is 6.26 Å². The van der Waals surface area contributed by atoms with Gasteiger partial charge < -0.3 is 0 Å². The molecule has 2 aromatic carbocycles. The Hall–Kier alpha value is -2.71. The second-order valence-corrected chi connectivity index (χ2v) is 7.74. The molecule has 0 saturated heterocycles. The van der Waals surface area contributed by atoms with Gasteiger partial charge in [0.25, 0.3) is 5.69 Å². The van der Waals surface area contributed by atoms with E-state index in [1.54, 1.807) is 35.0 Å². The van der Waals surface area contributed by atoms with E-state index in [1.807, 2.05) is 0 Å². The third-order valence-corrected chi connectivity index (χ3v) is 4.88. The van der Waals surface area contributed by atoms with Gasteiger partial charge in [0.1, 0.15) is 0 Å². The van der Waals surface area contributed by atoms with E-state index in [2.05, 4.69) is 5.10 Å². The van der Waals surface area contributed by atoms with Crippen molar-refractivity contribution in [3.8, 4) is 16.9 Å². The van der Waals surface area contributed by atoms with Crippen LogP contribution in [0.5, 0.6) is 0 Å². The SMILES string of the molecule is CS(=O)(=O)c1ccc(-c2cc(Cl)nn2-c2ccc([N+](=O)[O-])cc2)cc1. The second-order valence-electron chi connectivity index (χ2n) is 5.33. The Morgan fingerprint density at radius 3 is 2.20 bits per heavy atom. The topological polar surface area (TPSA) is 95.1 Å². The lowest BCUT2D eigenvalue weighted by molar-refractivity contribution is -0.384. The molecule has 25 heavy (non-hydrogen) atoms. The lowest BCUT2D eigenvalue weighted by Crippen LogP contribution is -2.00. The van der Waals surface area contributed by atoms with Crippen LogP contribution in [0.3, 0.4) is 0 Å². The lowest BCUT2D eigenvalue weighted by atomic mass is 10.1. The first-order chi connectivity index (χ1) is 11.8. The molecule has 0 aliphatic carbocycles. The van der Waals surface area contributed by atoms with Crippen LogP contribution < -0.4 is 0 Å². The van der Waals surface area contributed by atoms with Crippen molar-refractivity contribution in [3.63, 3.8) is 0 Å². The fourth-order valence-electron chi connectivity index (χ4n) is 2.34. The Morgan fingerprint density at radius 2 is 1.68 bits per heavy atom. The first kappa shape index (κ1) is 17.1. The Bertz CT molecular complexity index is 1040. The van der Waals surface area contributed by atoms with Crippen molar-refractivity contribution in [2.45, 2.75) is 4.90 Å². The number of non-ortho nitro benzene ring substituents is 1. The van der Waals surface area contributed by atoms with Crippen LogP contribution in [-0.4, -0.2) is 29.4 Å². The maximum absolute atomic E-state index is 11.6. The van der Waals surface area contributed by atoms with Crippen LogP contribution in [0.2, 0.25) is 5.15 Å². The highest BCUT2D eigenvalue weighted by molar-refractivity contribution is 7.90. The van der Waals surface area contributed by atoms with Crippen LogP contribution in [0.25, 0.3) is 16.9 Å². The van der Waals surface area contributed by atoms with Gasteiger partial charge in [-0.2, -0.15) is 5.10 Å². The zero-order valence-corrected chi connectivity index (χ0v) is 14.5. The molecule has 3 aromatic rings. The molecule has 9 heteroatoms. The molecule has 0 amide bonds. The van der Waals surface area contributed by atoms with Gasteiger partial charge in [-0.05, 0) is 24.3 Å². The van der Waals surface area contributed by atoms with Crippen LogP contribution in [0.1, 0.15) is 0 Å². The third-order valence-electron chi connectivity index (χ3n) is 3.56. The summed E-state index contributed by atoms with van der Waals surface area (Å²) in [7, 11) is -3.28. The zero-order valence-electron chi connectivity index (χ0n) is 13.0. The van der Waals surface area contributed by atoms with Gasteiger partial charge >= 0.3 is 0 Å². The molecule has 1 aromatic heterocycles. The standard InChI is InChI=1S/C16H12ClN3O4S/c1-25(23,24)14-8-2-11(3-9-14)15-10-16(17)18-19(15)12-4-6-13(7-5-12)20(21)22/h2-10H,1H3. The largest absolute Gasteiger partial charge is 0.269 e. The van der Waals surface area contributed by atoms with E-state index in [0.29, 0.717) is 16.9 Å². The molecule has 0 spiro atoms. The molecule has 128 valence electrons. The van der Waals surface area contributed by atoms with E-state index < -0.39 is 14.8 Å². The number of hydrogen-bond acceptors (Lipinski definition) is 5. The molecule has 0 radical (unpaired) electrons. The van der Waals surface area contributed by atoms with Gasteiger partial charge in [0.15, 0.2) is 15.0 Å². The maximum Gasteiger partial charge on any atom is 0.269 e. The molecule has 0 saturated carbocycles. The van der Waals surface area contributed by atoms with Crippen molar-refractivity contribution in [3.05, 3.63) is 69.9 Å². The maximum atomic E-state index is 11.6. The van der Waals surface area contributed by atoms with Gasteiger partial charge in [-0.1, -0.05) is 23.7 Å². The predicted molar refractivity (Wildman–Crippen MR) is 93.8 cm³/mol. The molecular formula is C16H12ClN3O4S. The Kier molecular flexibility index (Phi) is 4.32. The van der Waals surface area contributed by atoms with Crippen molar-refractivity contribution in [2.75, 3.05) is 6.26 Å². The average Bonchev–Trinajstić information content (AvgIpc) is 2.96. The molecule has 0 unspecified atom stereocenters. The number of rotatable bonds is 4. The van der Waals surface area contributed by atoms with Gasteiger partial charge in [0.05, 0.1) is 21.2 Å². The smallest absolute Gasteiger partial charge is 0.258 e. The fraction of sp³-hybridized carbons (Fsp3) is 0.0625. The molecule has 0 aliphatic rings. The molecule has 0 fully saturated rings. The average molecular weight is 378 g/mol. The summed E-state index contributed by atoms with van der Waals surface area (Å²) in [5.41, 5.74) is 1.92. The highest BCUT2D eigenvalue weighted by Crippen LogP contribution is 2.27. The van der Waals surface area contributed by atoms with Gasteiger partial charge in [0, 0.05) is 30.0 Å². The minimum Gasteiger partial charge on any atom is -0.258 e. The summed E-state index contributed by atoms with van der Waals surface area (Å²) in [5.74, 6) is 0. The van der Waals surface area contributed by atoms with Crippen LogP contribution in [0.4, 0.5) is 5.69 Å². The monoisotopic (exact) mass is 377 g/mol. The Morgan fingerprint density at radius 1 is 1.08 bits per heavy atom. The van der Waals surface area contributed by atoms with Crippen LogP contribution in [-0.2, 0) is 9.84 Å². The zero-order chi connectivity index (χ0) is 18.2. The first-order valence-corrected chi connectivity index (χ1v) is 9.33. The summed E-state index contributed by atoms with van der Waals surface area (Å²) < 4.78 is 24.7. The van der Waals surface area contributed by atoms with E-state index in [1.165, 1.54) is 24.3 Å². The minimum atomic E-state index is -3.28. The predicted octanol–water partition coefficient (Wildman–Crippen LogP) is 3.50. The van der Waals surface area contributed by atoms with E-state index >= 15 is 0 Å². The Balaban J connectivity index is 2.05. The summed E-state index contributed by atoms with van der Waals surface area (Å²) in [6.07, 6.45) is 1.14. The summed E-state index contributed by atoms with van der Waals surface area (Å²) in [6.45, 7) is 0. The third kappa shape index (κ3) is 3.54. The van der Waals surface area contributed by atoms with E-state index in [9.17, 15) is 18.5 Å². The van der Waals surface area contributed by atoms with Crippen molar-refractivity contribution in [1.82, 2.24) is 9.78 Å². The molecule has 7 nitrogen and oxygen atoms in total. The van der Waals surface area contributed by atoms with E-state index in [-0.39, 0.29) is 15.7 Å². The Labute approximate surface area is 148 Å². The lowest BCUT2D eigenvalue weighted by Gasteiger charge is -2.08. The van der Waals surface area contributed by atoms with Gasteiger partial charge in [-0.25, -0.2) is 13.1 Å². The number of sulfone groups is 1. The molecule has 0 bridgehead atoms. The summed E-state index contributed by atoms with van der Waals surface area (Å²) >= 11 is 6.01. The molecule has 1 heterocycles. The molecule has 0 aliphatic heterocycles. The van der Waals surface area contributed by atoms with Crippen molar-refractivity contribution >= 4 is 27.1 Å². The number of nitro benzene ring substituents is 1. The molecule has 0 atom stereocenters. The number of aromatic nitrogens is 2. The molecular weight excluding hydrogens is 366 g/mol. The number of nitrogens with zero attached hydrogens (tertiary/aromatic N) is 3. The van der Waals surface area contributed by atoms with Crippen LogP contribution >= 0.6 is 11.6 Å². The van der Waals surface area contributed by atoms with Crippen molar-refractivity contribution in [1.29, 1.82) is 0 Å². The number of benzene rings is 2. The highest BCUT2D eigenvalue weighted by atomic mass is 35.5.